The normalized spacial score (nSPS) is 11.4. The maximum absolute atomic E-state index is 12.5. The molecule has 0 aliphatic heterocycles. The fourth-order valence-electron chi connectivity index (χ4n) is 1.44. The van der Waals surface area contributed by atoms with E-state index in [1.807, 2.05) is 0 Å². The summed E-state index contributed by atoms with van der Waals surface area (Å²) in [7, 11) is 0. The summed E-state index contributed by atoms with van der Waals surface area (Å²) in [5.74, 6) is 0.0891. The number of benzene rings is 1. The van der Waals surface area contributed by atoms with Crippen LogP contribution in [0.5, 0.6) is 11.8 Å². The first-order valence-electron chi connectivity index (χ1n) is 6.15. The predicted molar refractivity (Wildman–Crippen MR) is 77.0 cm³/mol. The van der Waals surface area contributed by atoms with Gasteiger partial charge in [0.1, 0.15) is 5.75 Å². The lowest BCUT2D eigenvalue weighted by Crippen LogP contribution is -2.21. The molecule has 10 heteroatoms. The standard InChI is InChI=1S/C13H11F3N6O/c14-13(15,16)10-5-6-19-12(21-10)23-9-3-1-8(2-4-9)7-20-22-11(17)18/h1-7H,(H4,17,18,22). The third-order valence-corrected chi connectivity index (χ3v) is 2.39. The Morgan fingerprint density at radius 3 is 2.43 bits per heavy atom. The van der Waals surface area contributed by atoms with Gasteiger partial charge in [0, 0.05) is 6.20 Å². The van der Waals surface area contributed by atoms with E-state index in [-0.39, 0.29) is 11.7 Å². The van der Waals surface area contributed by atoms with Crippen molar-refractivity contribution in [2.75, 3.05) is 0 Å². The van der Waals surface area contributed by atoms with Gasteiger partial charge in [-0.05, 0) is 35.9 Å². The molecule has 0 aliphatic carbocycles. The Bertz CT molecular complexity index is 723. The summed E-state index contributed by atoms with van der Waals surface area (Å²) in [5, 5.41) is 7.04. The molecule has 2 aromatic rings. The van der Waals surface area contributed by atoms with Crippen molar-refractivity contribution in [3.05, 3.63) is 47.8 Å². The van der Waals surface area contributed by atoms with E-state index >= 15 is 0 Å². The zero-order chi connectivity index (χ0) is 16.9. The van der Waals surface area contributed by atoms with Crippen LogP contribution in [0.25, 0.3) is 0 Å². The van der Waals surface area contributed by atoms with Crippen LogP contribution in [-0.2, 0) is 6.18 Å². The average Bonchev–Trinajstić information content (AvgIpc) is 2.48. The van der Waals surface area contributed by atoms with Crippen LogP contribution >= 0.6 is 0 Å². The van der Waals surface area contributed by atoms with Gasteiger partial charge in [-0.25, -0.2) is 4.98 Å². The number of hydrogen-bond donors (Lipinski definition) is 2. The van der Waals surface area contributed by atoms with Gasteiger partial charge < -0.3 is 16.2 Å². The van der Waals surface area contributed by atoms with Gasteiger partial charge >= 0.3 is 12.2 Å². The second-order valence-corrected chi connectivity index (χ2v) is 4.16. The third-order valence-electron chi connectivity index (χ3n) is 2.39. The first-order valence-corrected chi connectivity index (χ1v) is 6.15. The Morgan fingerprint density at radius 2 is 1.83 bits per heavy atom. The van der Waals surface area contributed by atoms with Gasteiger partial charge in [0.05, 0.1) is 6.21 Å². The lowest BCUT2D eigenvalue weighted by atomic mass is 10.2. The highest BCUT2D eigenvalue weighted by molar-refractivity contribution is 5.81. The number of nitrogens with two attached hydrogens (primary N) is 2. The van der Waals surface area contributed by atoms with E-state index in [1.165, 1.54) is 18.3 Å². The van der Waals surface area contributed by atoms with E-state index < -0.39 is 17.9 Å². The van der Waals surface area contributed by atoms with Gasteiger partial charge in [0.25, 0.3) is 0 Å². The van der Waals surface area contributed by atoms with Crippen LogP contribution in [0.3, 0.4) is 0 Å². The van der Waals surface area contributed by atoms with Gasteiger partial charge in [-0.15, -0.1) is 5.10 Å². The van der Waals surface area contributed by atoms with E-state index in [9.17, 15) is 13.2 Å². The molecule has 0 spiro atoms. The quantitative estimate of drug-likeness (QED) is 0.507. The minimum atomic E-state index is -4.56. The van der Waals surface area contributed by atoms with Crippen LogP contribution in [0.4, 0.5) is 13.2 Å². The van der Waals surface area contributed by atoms with Crippen molar-refractivity contribution in [1.29, 1.82) is 0 Å². The molecule has 0 aliphatic rings. The first kappa shape index (κ1) is 16.2. The Morgan fingerprint density at radius 1 is 1.13 bits per heavy atom. The van der Waals surface area contributed by atoms with Crippen molar-refractivity contribution in [3.63, 3.8) is 0 Å². The molecule has 7 nitrogen and oxygen atoms in total. The van der Waals surface area contributed by atoms with Crippen molar-refractivity contribution >= 4 is 12.2 Å². The molecular weight excluding hydrogens is 313 g/mol. The van der Waals surface area contributed by atoms with Crippen molar-refractivity contribution in [1.82, 2.24) is 9.97 Å². The van der Waals surface area contributed by atoms with Gasteiger partial charge in [-0.1, -0.05) is 0 Å². The molecule has 0 amide bonds. The number of hydrogen-bond acceptors (Lipinski definition) is 5. The van der Waals surface area contributed by atoms with Crippen LogP contribution in [-0.4, -0.2) is 22.1 Å². The molecule has 23 heavy (non-hydrogen) atoms. The number of alkyl halides is 3. The Balaban J connectivity index is 2.09. The number of aromatic nitrogens is 2. The Hall–Kier alpha value is -3.17. The van der Waals surface area contributed by atoms with E-state index in [0.29, 0.717) is 5.56 Å². The van der Waals surface area contributed by atoms with E-state index in [0.717, 1.165) is 12.3 Å². The molecule has 0 saturated heterocycles. The highest BCUT2D eigenvalue weighted by atomic mass is 19.4. The summed E-state index contributed by atoms with van der Waals surface area (Å²) in [4.78, 5) is 6.93. The van der Waals surface area contributed by atoms with Crippen molar-refractivity contribution in [3.8, 4) is 11.8 Å². The lowest BCUT2D eigenvalue weighted by Gasteiger charge is -2.07. The van der Waals surface area contributed by atoms with Crippen LogP contribution in [0.2, 0.25) is 0 Å². The van der Waals surface area contributed by atoms with E-state index in [4.69, 9.17) is 16.2 Å². The van der Waals surface area contributed by atoms with Crippen LogP contribution < -0.4 is 16.2 Å². The van der Waals surface area contributed by atoms with E-state index in [2.05, 4.69) is 20.2 Å². The predicted octanol–water partition coefficient (Wildman–Crippen LogP) is 1.89. The summed E-state index contributed by atoms with van der Waals surface area (Å²) in [5.41, 5.74) is 9.80. The zero-order valence-electron chi connectivity index (χ0n) is 11.5. The smallest absolute Gasteiger partial charge is 0.424 e. The fourth-order valence-corrected chi connectivity index (χ4v) is 1.44. The summed E-state index contributed by atoms with van der Waals surface area (Å²) >= 11 is 0. The highest BCUT2D eigenvalue weighted by Gasteiger charge is 2.33. The zero-order valence-corrected chi connectivity index (χ0v) is 11.5. The molecule has 120 valence electrons. The van der Waals surface area contributed by atoms with E-state index in [1.54, 1.807) is 12.1 Å². The summed E-state index contributed by atoms with van der Waals surface area (Å²) in [6, 6.07) is 6.60. The molecule has 4 N–H and O–H groups in total. The largest absolute Gasteiger partial charge is 0.433 e. The minimum Gasteiger partial charge on any atom is -0.424 e. The highest BCUT2D eigenvalue weighted by Crippen LogP contribution is 2.28. The summed E-state index contributed by atoms with van der Waals surface area (Å²) in [6.07, 6.45) is -2.20. The topological polar surface area (TPSA) is 112 Å². The van der Waals surface area contributed by atoms with Crippen molar-refractivity contribution in [2.45, 2.75) is 6.18 Å². The maximum atomic E-state index is 12.5. The van der Waals surface area contributed by atoms with Gasteiger partial charge in [-0.3, -0.25) is 0 Å². The molecule has 0 fully saturated rings. The van der Waals surface area contributed by atoms with Crippen LogP contribution in [0.1, 0.15) is 11.3 Å². The van der Waals surface area contributed by atoms with Crippen molar-refractivity contribution in [2.24, 2.45) is 21.7 Å². The molecular formula is C13H11F3N6O. The molecule has 0 bridgehead atoms. The molecule has 2 rings (SSSR count). The number of nitrogens with zero attached hydrogens (tertiary/aromatic N) is 4. The summed E-state index contributed by atoms with van der Waals surface area (Å²) in [6.45, 7) is 0. The molecule has 1 aromatic heterocycles. The second-order valence-electron chi connectivity index (χ2n) is 4.16. The maximum Gasteiger partial charge on any atom is 0.433 e. The first-order chi connectivity index (χ1) is 10.8. The number of guanidine groups is 1. The molecule has 0 unspecified atom stereocenters. The molecule has 0 atom stereocenters. The number of ether oxygens (including phenoxy) is 1. The van der Waals surface area contributed by atoms with Gasteiger partial charge in [0.2, 0.25) is 5.96 Å². The second kappa shape index (κ2) is 6.73. The number of halogens is 3. The monoisotopic (exact) mass is 324 g/mol. The fraction of sp³-hybridized carbons (Fsp3) is 0.0769. The Labute approximate surface area is 128 Å². The van der Waals surface area contributed by atoms with Gasteiger partial charge in [-0.2, -0.15) is 23.3 Å². The molecule has 0 radical (unpaired) electrons. The molecule has 1 aromatic carbocycles. The minimum absolute atomic E-state index is 0.178. The van der Waals surface area contributed by atoms with Crippen LogP contribution in [0, 0.1) is 0 Å². The number of rotatable bonds is 4. The Kier molecular flexibility index (Phi) is 4.74. The van der Waals surface area contributed by atoms with Crippen molar-refractivity contribution < 1.29 is 17.9 Å². The SMILES string of the molecule is NC(N)=NN=Cc1ccc(Oc2nccc(C(F)(F)F)n2)cc1. The molecule has 1 heterocycles. The summed E-state index contributed by atoms with van der Waals surface area (Å²) < 4.78 is 42.8. The van der Waals surface area contributed by atoms with Gasteiger partial charge in [0.15, 0.2) is 5.69 Å². The molecule has 0 saturated carbocycles. The third kappa shape index (κ3) is 4.95. The average molecular weight is 324 g/mol. The van der Waals surface area contributed by atoms with Crippen LogP contribution in [0.15, 0.2) is 46.7 Å². The lowest BCUT2D eigenvalue weighted by molar-refractivity contribution is -0.141.